The molecule has 0 saturated heterocycles. The van der Waals surface area contributed by atoms with Crippen LogP contribution in [0.3, 0.4) is 0 Å². The number of aromatic amines is 1. The van der Waals surface area contributed by atoms with Crippen LogP contribution in [0.25, 0.3) is 0 Å². The molecule has 19 heavy (non-hydrogen) atoms. The van der Waals surface area contributed by atoms with Gasteiger partial charge in [-0.3, -0.25) is 4.57 Å². The van der Waals surface area contributed by atoms with E-state index in [4.69, 9.17) is 0 Å². The molecule has 1 aromatic carbocycles. The minimum absolute atomic E-state index is 0.0882. The van der Waals surface area contributed by atoms with E-state index in [1.165, 1.54) is 17.3 Å². The summed E-state index contributed by atoms with van der Waals surface area (Å²) in [6, 6.07) is 8.21. The quantitative estimate of drug-likeness (QED) is 0.878. The molecule has 0 atom stereocenters. The predicted molar refractivity (Wildman–Crippen MR) is 76.6 cm³/mol. The third-order valence-electron chi connectivity index (χ3n) is 2.73. The fourth-order valence-corrected chi connectivity index (χ4v) is 2.95. The van der Waals surface area contributed by atoms with E-state index in [2.05, 4.69) is 21.6 Å². The van der Waals surface area contributed by atoms with Gasteiger partial charge < -0.3 is 5.32 Å². The summed E-state index contributed by atoms with van der Waals surface area (Å²) in [6.45, 7) is 4.74. The molecule has 0 spiro atoms. The van der Waals surface area contributed by atoms with Crippen LogP contribution in [0.5, 0.6) is 0 Å². The third-order valence-corrected chi connectivity index (χ3v) is 3.82. The highest BCUT2D eigenvalue weighted by molar-refractivity contribution is 7.99. The smallest absolute Gasteiger partial charge is 0.316 e. The Morgan fingerprint density at radius 2 is 2.16 bits per heavy atom. The van der Waals surface area contributed by atoms with Crippen LogP contribution in [0.1, 0.15) is 25.5 Å². The minimum atomic E-state index is -0.163. The summed E-state index contributed by atoms with van der Waals surface area (Å²) < 4.78 is 1.67. The van der Waals surface area contributed by atoms with Gasteiger partial charge in [0.15, 0.2) is 5.16 Å². The van der Waals surface area contributed by atoms with Gasteiger partial charge in [-0.2, -0.15) is 0 Å². The van der Waals surface area contributed by atoms with E-state index in [0.29, 0.717) is 5.16 Å². The highest BCUT2D eigenvalue weighted by atomic mass is 32.2. The van der Waals surface area contributed by atoms with E-state index in [0.717, 1.165) is 11.4 Å². The number of benzene rings is 1. The summed E-state index contributed by atoms with van der Waals surface area (Å²) in [5.74, 6) is 0. The minimum Gasteiger partial charge on any atom is -0.316 e. The number of hydrogen-bond donors (Lipinski definition) is 2. The van der Waals surface area contributed by atoms with Gasteiger partial charge in [-0.05, 0) is 44.3 Å². The standard InChI is InChI=1S/C13H18N4OS/c1-9(2)17-12(18)15-16-13(17)19-11-7-5-4-6-10(11)8-14-3/h4-7,9,14H,8H2,1-3H3,(H,15,18). The number of H-pyrrole nitrogens is 1. The van der Waals surface area contributed by atoms with E-state index in [1.54, 1.807) is 4.57 Å². The second kappa shape index (κ2) is 6.08. The van der Waals surface area contributed by atoms with Crippen molar-refractivity contribution in [2.75, 3.05) is 7.05 Å². The number of hydrogen-bond acceptors (Lipinski definition) is 4. The van der Waals surface area contributed by atoms with Gasteiger partial charge in [0.25, 0.3) is 0 Å². The Morgan fingerprint density at radius 1 is 1.42 bits per heavy atom. The van der Waals surface area contributed by atoms with Crippen molar-refractivity contribution in [3.05, 3.63) is 40.3 Å². The van der Waals surface area contributed by atoms with Gasteiger partial charge in [0.1, 0.15) is 0 Å². The number of aromatic nitrogens is 3. The van der Waals surface area contributed by atoms with Crippen LogP contribution >= 0.6 is 11.8 Å². The van der Waals surface area contributed by atoms with Crippen molar-refractivity contribution in [3.63, 3.8) is 0 Å². The first-order valence-electron chi connectivity index (χ1n) is 6.20. The zero-order valence-corrected chi connectivity index (χ0v) is 12.1. The second-order valence-corrected chi connectivity index (χ2v) is 5.52. The molecule has 1 heterocycles. The molecule has 0 aliphatic heterocycles. The maximum atomic E-state index is 11.7. The molecule has 1 aromatic heterocycles. The Balaban J connectivity index is 2.34. The van der Waals surface area contributed by atoms with Crippen molar-refractivity contribution in [1.82, 2.24) is 20.1 Å². The molecule has 5 nitrogen and oxygen atoms in total. The molecule has 2 N–H and O–H groups in total. The summed E-state index contributed by atoms with van der Waals surface area (Å²) in [6.07, 6.45) is 0. The molecule has 0 aliphatic rings. The summed E-state index contributed by atoms with van der Waals surface area (Å²) >= 11 is 1.51. The van der Waals surface area contributed by atoms with Gasteiger partial charge in [-0.25, -0.2) is 9.89 Å². The Hall–Kier alpha value is -1.53. The molecule has 0 radical (unpaired) electrons. The van der Waals surface area contributed by atoms with E-state index in [-0.39, 0.29) is 11.7 Å². The molecule has 2 aromatic rings. The monoisotopic (exact) mass is 278 g/mol. The summed E-state index contributed by atoms with van der Waals surface area (Å²) in [4.78, 5) is 12.8. The number of nitrogens with one attached hydrogen (secondary N) is 2. The maximum Gasteiger partial charge on any atom is 0.344 e. The zero-order chi connectivity index (χ0) is 13.8. The summed E-state index contributed by atoms with van der Waals surface area (Å²) in [7, 11) is 1.92. The van der Waals surface area contributed by atoms with E-state index >= 15 is 0 Å². The zero-order valence-electron chi connectivity index (χ0n) is 11.3. The lowest BCUT2D eigenvalue weighted by Gasteiger charge is -2.11. The predicted octanol–water partition coefficient (Wildman–Crippen LogP) is 2.02. The molecule has 102 valence electrons. The van der Waals surface area contributed by atoms with E-state index in [1.807, 2.05) is 39.1 Å². The highest BCUT2D eigenvalue weighted by Crippen LogP contribution is 2.29. The molecule has 6 heteroatoms. The van der Waals surface area contributed by atoms with E-state index in [9.17, 15) is 4.79 Å². The van der Waals surface area contributed by atoms with Gasteiger partial charge >= 0.3 is 5.69 Å². The number of nitrogens with zero attached hydrogens (tertiary/aromatic N) is 2. The Morgan fingerprint density at radius 3 is 2.84 bits per heavy atom. The average Bonchev–Trinajstić information content (AvgIpc) is 2.73. The van der Waals surface area contributed by atoms with Crippen LogP contribution in [-0.2, 0) is 6.54 Å². The fourth-order valence-electron chi connectivity index (χ4n) is 1.86. The van der Waals surface area contributed by atoms with Gasteiger partial charge in [-0.1, -0.05) is 18.2 Å². The summed E-state index contributed by atoms with van der Waals surface area (Å²) in [5, 5.41) is 10.5. The number of rotatable bonds is 5. The van der Waals surface area contributed by atoms with Crippen molar-refractivity contribution in [1.29, 1.82) is 0 Å². The molecule has 2 rings (SSSR count). The molecule has 0 saturated carbocycles. The van der Waals surface area contributed by atoms with Crippen LogP contribution < -0.4 is 11.0 Å². The third kappa shape index (κ3) is 3.08. The van der Waals surface area contributed by atoms with Gasteiger partial charge in [0.05, 0.1) is 0 Å². The van der Waals surface area contributed by atoms with Gasteiger partial charge in [0.2, 0.25) is 0 Å². The first-order chi connectivity index (χ1) is 9.13. The molecule has 0 unspecified atom stereocenters. The topological polar surface area (TPSA) is 62.7 Å². The highest BCUT2D eigenvalue weighted by Gasteiger charge is 2.13. The van der Waals surface area contributed by atoms with Gasteiger partial charge in [0, 0.05) is 17.5 Å². The van der Waals surface area contributed by atoms with Crippen LogP contribution in [0.4, 0.5) is 0 Å². The first-order valence-corrected chi connectivity index (χ1v) is 7.02. The van der Waals surface area contributed by atoms with Gasteiger partial charge in [-0.15, -0.1) is 5.10 Å². The van der Waals surface area contributed by atoms with Crippen LogP contribution in [0, 0.1) is 0 Å². The lowest BCUT2D eigenvalue weighted by Crippen LogP contribution is -2.19. The molecule has 0 fully saturated rings. The lowest BCUT2D eigenvalue weighted by molar-refractivity contribution is 0.534. The molecule has 0 amide bonds. The van der Waals surface area contributed by atoms with Crippen molar-refractivity contribution < 1.29 is 0 Å². The largest absolute Gasteiger partial charge is 0.344 e. The fraction of sp³-hybridized carbons (Fsp3) is 0.385. The van der Waals surface area contributed by atoms with Crippen molar-refractivity contribution in [3.8, 4) is 0 Å². The van der Waals surface area contributed by atoms with Crippen LogP contribution in [0.2, 0.25) is 0 Å². The lowest BCUT2D eigenvalue weighted by atomic mass is 10.2. The molecular formula is C13H18N4OS. The maximum absolute atomic E-state index is 11.7. The summed E-state index contributed by atoms with van der Waals surface area (Å²) in [5.41, 5.74) is 1.03. The van der Waals surface area contributed by atoms with Crippen LogP contribution in [0.15, 0.2) is 39.1 Å². The SMILES string of the molecule is CNCc1ccccc1Sc1n[nH]c(=O)n1C(C)C. The average molecular weight is 278 g/mol. The molecule has 0 aliphatic carbocycles. The van der Waals surface area contributed by atoms with Crippen LogP contribution in [-0.4, -0.2) is 21.8 Å². The van der Waals surface area contributed by atoms with Crippen molar-refractivity contribution >= 4 is 11.8 Å². The first kappa shape index (κ1) is 13.9. The Bertz CT molecular complexity index is 603. The van der Waals surface area contributed by atoms with Crippen molar-refractivity contribution in [2.45, 2.75) is 36.5 Å². The molecular weight excluding hydrogens is 260 g/mol. The normalized spacial score (nSPS) is 11.2. The Labute approximate surface area is 116 Å². The second-order valence-electron chi connectivity index (χ2n) is 4.52. The van der Waals surface area contributed by atoms with E-state index < -0.39 is 0 Å². The Kier molecular flexibility index (Phi) is 4.44. The molecule has 0 bridgehead atoms. The van der Waals surface area contributed by atoms with Crippen molar-refractivity contribution in [2.24, 2.45) is 0 Å².